The number of nitrogens with one attached hydrogen (secondary N) is 2. The van der Waals surface area contributed by atoms with Gasteiger partial charge < -0.3 is 5.32 Å². The van der Waals surface area contributed by atoms with Gasteiger partial charge in [0.25, 0.3) is 10.0 Å². The quantitative estimate of drug-likeness (QED) is 0.552. The number of fused-ring (bicyclic) bond motifs is 2. The molecule has 0 amide bonds. The van der Waals surface area contributed by atoms with Crippen LogP contribution in [0.15, 0.2) is 59.5 Å². The smallest absolute Gasteiger partial charge is 0.262 e. The van der Waals surface area contributed by atoms with Gasteiger partial charge in [-0.1, -0.05) is 36.4 Å². The molecule has 0 saturated carbocycles. The zero-order chi connectivity index (χ0) is 20.6. The Morgan fingerprint density at radius 1 is 0.839 bits per heavy atom. The van der Waals surface area contributed by atoms with Crippen molar-refractivity contribution < 1.29 is 8.42 Å². The summed E-state index contributed by atoms with van der Waals surface area (Å²) in [6.45, 7) is 2.03. The van der Waals surface area contributed by atoms with E-state index in [1.54, 1.807) is 6.07 Å². The van der Waals surface area contributed by atoms with Gasteiger partial charge in [-0.05, 0) is 97.8 Å². The summed E-state index contributed by atoms with van der Waals surface area (Å²) < 4.78 is 29.5. The molecule has 1 aliphatic heterocycles. The molecule has 2 aliphatic rings. The largest absolute Gasteiger partial charge is 0.317 e. The fourth-order valence-corrected chi connectivity index (χ4v) is 6.29. The van der Waals surface area contributed by atoms with E-state index in [2.05, 4.69) is 22.2 Å². The van der Waals surface area contributed by atoms with E-state index in [0.717, 1.165) is 49.5 Å². The van der Waals surface area contributed by atoms with Crippen LogP contribution in [0.2, 0.25) is 0 Å². The lowest BCUT2D eigenvalue weighted by Crippen LogP contribution is -2.26. The van der Waals surface area contributed by atoms with E-state index in [4.69, 9.17) is 0 Å². The fourth-order valence-electron chi connectivity index (χ4n) is 5.03. The molecule has 3 aromatic carbocycles. The van der Waals surface area contributed by atoms with Crippen LogP contribution in [-0.2, 0) is 22.9 Å². The molecule has 164 valence electrons. The summed E-state index contributed by atoms with van der Waals surface area (Å²) in [6.07, 6.45) is 6.68. The SMILES string of the molecule is Cl.O=S(=O)(Nc1ccc2c(c1)CCCC2)c1ccc(C2CCNCC2)c2ccccc12. The van der Waals surface area contributed by atoms with Crippen LogP contribution >= 0.6 is 12.4 Å². The second-order valence-corrected chi connectivity index (χ2v) is 10.2. The molecular weight excluding hydrogens is 428 g/mol. The molecule has 4 nitrogen and oxygen atoms in total. The number of halogens is 1. The third-order valence-electron chi connectivity index (χ3n) is 6.59. The van der Waals surface area contributed by atoms with E-state index in [-0.39, 0.29) is 12.4 Å². The number of anilines is 1. The second kappa shape index (κ2) is 9.19. The zero-order valence-electron chi connectivity index (χ0n) is 17.6. The molecule has 1 heterocycles. The van der Waals surface area contributed by atoms with Crippen molar-refractivity contribution in [3.05, 3.63) is 71.3 Å². The van der Waals surface area contributed by atoms with Crippen molar-refractivity contribution in [2.75, 3.05) is 17.8 Å². The Bertz CT molecular complexity index is 1190. The minimum atomic E-state index is -3.68. The van der Waals surface area contributed by atoms with E-state index in [1.807, 2.05) is 36.4 Å². The molecule has 5 rings (SSSR count). The van der Waals surface area contributed by atoms with Crippen LogP contribution in [0.5, 0.6) is 0 Å². The molecule has 3 aromatic rings. The highest BCUT2D eigenvalue weighted by Gasteiger charge is 2.23. The highest BCUT2D eigenvalue weighted by molar-refractivity contribution is 7.93. The van der Waals surface area contributed by atoms with Crippen LogP contribution in [0.25, 0.3) is 10.8 Å². The number of hydrogen-bond donors (Lipinski definition) is 2. The third-order valence-corrected chi connectivity index (χ3v) is 8.03. The minimum Gasteiger partial charge on any atom is -0.317 e. The standard InChI is InChI=1S/C25H28N2O2S.ClH/c28-30(29,27-21-10-9-18-5-1-2-6-20(18)17-21)25-12-11-22(19-13-15-26-16-14-19)23-7-3-4-8-24(23)25;/h3-4,7-12,17,19,26-27H,1-2,5-6,13-16H2;1H. The van der Waals surface area contributed by atoms with Crippen LogP contribution in [-0.4, -0.2) is 21.5 Å². The van der Waals surface area contributed by atoms with Gasteiger partial charge in [0.15, 0.2) is 0 Å². The van der Waals surface area contributed by atoms with Crippen molar-refractivity contribution in [3.63, 3.8) is 0 Å². The molecule has 1 fully saturated rings. The van der Waals surface area contributed by atoms with Gasteiger partial charge in [0.2, 0.25) is 0 Å². The maximum Gasteiger partial charge on any atom is 0.262 e. The van der Waals surface area contributed by atoms with E-state index in [9.17, 15) is 8.42 Å². The zero-order valence-corrected chi connectivity index (χ0v) is 19.2. The number of benzene rings is 3. The monoisotopic (exact) mass is 456 g/mol. The van der Waals surface area contributed by atoms with Gasteiger partial charge in [0.1, 0.15) is 0 Å². The molecule has 0 spiro atoms. The maximum atomic E-state index is 13.4. The van der Waals surface area contributed by atoms with Crippen LogP contribution < -0.4 is 10.0 Å². The molecule has 1 aliphatic carbocycles. The molecule has 0 radical (unpaired) electrons. The average molecular weight is 457 g/mol. The summed E-state index contributed by atoms with van der Waals surface area (Å²) in [6, 6.07) is 17.7. The average Bonchev–Trinajstić information content (AvgIpc) is 2.78. The Labute approximate surface area is 190 Å². The van der Waals surface area contributed by atoms with Gasteiger partial charge in [0, 0.05) is 11.1 Å². The summed E-state index contributed by atoms with van der Waals surface area (Å²) in [7, 11) is -3.68. The number of hydrogen-bond acceptors (Lipinski definition) is 3. The summed E-state index contributed by atoms with van der Waals surface area (Å²) in [4.78, 5) is 0.355. The van der Waals surface area contributed by atoms with Crippen molar-refractivity contribution >= 4 is 38.9 Å². The Morgan fingerprint density at radius 2 is 1.55 bits per heavy atom. The van der Waals surface area contributed by atoms with Gasteiger partial charge in [-0.3, -0.25) is 4.72 Å². The normalized spacial score (nSPS) is 17.0. The molecule has 0 unspecified atom stereocenters. The molecule has 1 saturated heterocycles. The minimum absolute atomic E-state index is 0. The fraction of sp³-hybridized carbons (Fsp3) is 0.360. The van der Waals surface area contributed by atoms with E-state index < -0.39 is 10.0 Å². The Balaban J connectivity index is 0.00000231. The maximum absolute atomic E-state index is 13.4. The molecule has 2 N–H and O–H groups in total. The second-order valence-electron chi connectivity index (χ2n) is 8.52. The predicted molar refractivity (Wildman–Crippen MR) is 130 cm³/mol. The van der Waals surface area contributed by atoms with Gasteiger partial charge in [-0.2, -0.15) is 0 Å². The van der Waals surface area contributed by atoms with Crippen molar-refractivity contribution in [3.8, 4) is 0 Å². The number of aryl methyl sites for hydroxylation is 2. The van der Waals surface area contributed by atoms with Gasteiger partial charge in [-0.25, -0.2) is 8.42 Å². The number of sulfonamides is 1. The van der Waals surface area contributed by atoms with Crippen LogP contribution in [0.1, 0.15) is 48.3 Å². The molecule has 0 bridgehead atoms. The Hall–Kier alpha value is -2.08. The molecular formula is C25H29ClN2O2S. The Kier molecular flexibility index (Phi) is 6.56. The van der Waals surface area contributed by atoms with Gasteiger partial charge in [-0.15, -0.1) is 12.4 Å². The third kappa shape index (κ3) is 4.45. The molecule has 6 heteroatoms. The van der Waals surface area contributed by atoms with E-state index in [1.165, 1.54) is 29.5 Å². The molecule has 31 heavy (non-hydrogen) atoms. The first-order valence-corrected chi connectivity index (χ1v) is 12.5. The molecule has 0 atom stereocenters. The van der Waals surface area contributed by atoms with Crippen molar-refractivity contribution in [1.29, 1.82) is 0 Å². The first kappa shape index (κ1) is 22.1. The summed E-state index contributed by atoms with van der Waals surface area (Å²) in [5.74, 6) is 0.474. The van der Waals surface area contributed by atoms with Crippen molar-refractivity contribution in [2.24, 2.45) is 0 Å². The lowest BCUT2D eigenvalue weighted by molar-refractivity contribution is 0.462. The highest BCUT2D eigenvalue weighted by atomic mass is 35.5. The topological polar surface area (TPSA) is 58.2 Å². The van der Waals surface area contributed by atoms with Crippen LogP contribution in [0, 0.1) is 0 Å². The van der Waals surface area contributed by atoms with Gasteiger partial charge in [0.05, 0.1) is 4.90 Å². The Morgan fingerprint density at radius 3 is 2.32 bits per heavy atom. The van der Waals surface area contributed by atoms with Crippen molar-refractivity contribution in [2.45, 2.75) is 49.3 Å². The number of rotatable bonds is 4. The summed E-state index contributed by atoms with van der Waals surface area (Å²) in [5.41, 5.74) is 4.54. The lowest BCUT2D eigenvalue weighted by Gasteiger charge is -2.25. The van der Waals surface area contributed by atoms with Crippen molar-refractivity contribution in [1.82, 2.24) is 5.32 Å². The predicted octanol–water partition coefficient (Wildman–Crippen LogP) is 5.41. The van der Waals surface area contributed by atoms with Crippen LogP contribution in [0.3, 0.4) is 0 Å². The molecule has 0 aromatic heterocycles. The van der Waals surface area contributed by atoms with Gasteiger partial charge >= 0.3 is 0 Å². The first-order valence-electron chi connectivity index (χ1n) is 11.0. The summed E-state index contributed by atoms with van der Waals surface area (Å²) >= 11 is 0. The van der Waals surface area contributed by atoms with Crippen LogP contribution in [0.4, 0.5) is 5.69 Å². The highest BCUT2D eigenvalue weighted by Crippen LogP contribution is 2.35. The van der Waals surface area contributed by atoms with E-state index >= 15 is 0 Å². The van der Waals surface area contributed by atoms with E-state index in [0.29, 0.717) is 16.5 Å². The lowest BCUT2D eigenvalue weighted by atomic mass is 9.87. The number of piperidine rings is 1. The summed E-state index contributed by atoms with van der Waals surface area (Å²) in [5, 5.41) is 5.27. The first-order chi connectivity index (χ1) is 14.6.